The Labute approximate surface area is 254 Å². The standard InChI is InChI=1S/C31H35N3O3.C2HF3O2/c1-6-36-28-19-23(13-15-27(28)37-21(2)3)29(30(35)34-31(4,5)25-10-8-7-9-11-25)33-26-14-12-24-20-32-17-16-22(24)18-26;3-2(4,5)1(6)7/h7-21,29,33H,6H2,1-5H3,(H,34,35);(H,6,7). The second-order valence-corrected chi connectivity index (χ2v) is 10.6. The number of benzene rings is 3. The predicted molar refractivity (Wildman–Crippen MR) is 163 cm³/mol. The van der Waals surface area contributed by atoms with Gasteiger partial charge in [0.05, 0.1) is 18.2 Å². The second kappa shape index (κ2) is 14.6. The zero-order chi connectivity index (χ0) is 32.5. The van der Waals surface area contributed by atoms with Crippen LogP contribution in [0.3, 0.4) is 0 Å². The van der Waals surface area contributed by atoms with Crippen molar-refractivity contribution in [3.05, 3.63) is 96.3 Å². The van der Waals surface area contributed by atoms with Crippen molar-refractivity contribution in [3.8, 4) is 11.5 Å². The van der Waals surface area contributed by atoms with Crippen LogP contribution >= 0.6 is 0 Å². The zero-order valence-corrected chi connectivity index (χ0v) is 25.1. The van der Waals surface area contributed by atoms with Crippen molar-refractivity contribution in [1.29, 1.82) is 0 Å². The summed E-state index contributed by atoms with van der Waals surface area (Å²) in [6.07, 6.45) is -1.49. The van der Waals surface area contributed by atoms with Gasteiger partial charge >= 0.3 is 12.1 Å². The van der Waals surface area contributed by atoms with Crippen molar-refractivity contribution in [1.82, 2.24) is 10.3 Å². The van der Waals surface area contributed by atoms with E-state index in [9.17, 15) is 18.0 Å². The summed E-state index contributed by atoms with van der Waals surface area (Å²) < 4.78 is 43.6. The van der Waals surface area contributed by atoms with Crippen molar-refractivity contribution >= 4 is 28.3 Å². The van der Waals surface area contributed by atoms with Crippen molar-refractivity contribution in [2.45, 2.75) is 58.5 Å². The fraction of sp³-hybridized carbons (Fsp3) is 0.303. The van der Waals surface area contributed by atoms with Crippen molar-refractivity contribution in [3.63, 3.8) is 0 Å². The SMILES string of the molecule is CCOc1cc(C(Nc2ccc3cnccc3c2)C(=O)NC(C)(C)c2ccccc2)ccc1OC(C)C.O=C(O)C(F)(F)F. The summed E-state index contributed by atoms with van der Waals surface area (Å²) in [6.45, 7) is 10.4. The molecule has 1 unspecified atom stereocenters. The van der Waals surface area contributed by atoms with E-state index in [0.717, 1.165) is 27.6 Å². The molecule has 44 heavy (non-hydrogen) atoms. The molecule has 3 N–H and O–H groups in total. The highest BCUT2D eigenvalue weighted by Gasteiger charge is 2.38. The maximum atomic E-state index is 13.9. The molecule has 0 bridgehead atoms. The van der Waals surface area contributed by atoms with Crippen LogP contribution in [0.5, 0.6) is 11.5 Å². The Bertz CT molecular complexity index is 1560. The number of nitrogens with one attached hydrogen (secondary N) is 2. The molecule has 0 spiro atoms. The number of alkyl halides is 3. The summed E-state index contributed by atoms with van der Waals surface area (Å²) in [7, 11) is 0. The summed E-state index contributed by atoms with van der Waals surface area (Å²) >= 11 is 0. The molecule has 0 fully saturated rings. The highest BCUT2D eigenvalue weighted by Crippen LogP contribution is 2.34. The molecule has 1 amide bonds. The van der Waals surface area contributed by atoms with E-state index in [4.69, 9.17) is 19.4 Å². The van der Waals surface area contributed by atoms with Crippen molar-refractivity contribution < 1.29 is 37.3 Å². The van der Waals surface area contributed by atoms with Crippen molar-refractivity contribution in [2.75, 3.05) is 11.9 Å². The highest BCUT2D eigenvalue weighted by atomic mass is 19.4. The normalized spacial score (nSPS) is 12.1. The smallest absolute Gasteiger partial charge is 0.490 e. The number of carbonyl (C=O) groups is 2. The average molecular weight is 612 g/mol. The third kappa shape index (κ3) is 9.35. The largest absolute Gasteiger partial charge is 0.490 e. The molecule has 234 valence electrons. The number of rotatable bonds is 10. The molecule has 0 aliphatic carbocycles. The molecule has 0 saturated carbocycles. The van der Waals surface area contributed by atoms with Gasteiger partial charge in [-0.3, -0.25) is 9.78 Å². The van der Waals surface area contributed by atoms with Crippen LogP contribution in [-0.4, -0.2) is 40.9 Å². The van der Waals surface area contributed by atoms with Gasteiger partial charge in [0.1, 0.15) is 6.04 Å². The van der Waals surface area contributed by atoms with Crippen LogP contribution in [-0.2, 0) is 15.1 Å². The molecule has 4 rings (SSSR count). The van der Waals surface area contributed by atoms with E-state index >= 15 is 0 Å². The van der Waals surface area contributed by atoms with E-state index in [1.807, 2.05) is 114 Å². The molecule has 3 aromatic carbocycles. The molecule has 0 aliphatic heterocycles. The lowest BCUT2D eigenvalue weighted by molar-refractivity contribution is -0.192. The number of aliphatic carboxylic acids is 1. The Morgan fingerprint density at radius 2 is 1.61 bits per heavy atom. The lowest BCUT2D eigenvalue weighted by atomic mass is 9.93. The molecule has 1 atom stereocenters. The molecule has 0 aliphatic rings. The van der Waals surface area contributed by atoms with Gasteiger partial charge in [-0.1, -0.05) is 42.5 Å². The Morgan fingerprint density at radius 1 is 0.932 bits per heavy atom. The second-order valence-electron chi connectivity index (χ2n) is 10.6. The highest BCUT2D eigenvalue weighted by molar-refractivity contribution is 5.89. The van der Waals surface area contributed by atoms with Gasteiger partial charge < -0.3 is 25.2 Å². The summed E-state index contributed by atoms with van der Waals surface area (Å²) in [5.41, 5.74) is 2.06. The molecule has 1 heterocycles. The number of pyridine rings is 1. The van der Waals surface area contributed by atoms with Crippen molar-refractivity contribution in [2.24, 2.45) is 0 Å². The van der Waals surface area contributed by atoms with E-state index in [1.165, 1.54) is 0 Å². The minimum absolute atomic E-state index is 0.000961. The number of carboxylic acids is 1. The summed E-state index contributed by atoms with van der Waals surface area (Å²) in [5, 5.41) is 15.9. The van der Waals surface area contributed by atoms with Crippen LogP contribution in [0.1, 0.15) is 51.8 Å². The summed E-state index contributed by atoms with van der Waals surface area (Å²) in [5.74, 6) is -1.64. The summed E-state index contributed by atoms with van der Waals surface area (Å²) in [4.78, 5) is 27.0. The van der Waals surface area contributed by atoms with E-state index in [-0.39, 0.29) is 12.0 Å². The first-order chi connectivity index (χ1) is 20.7. The average Bonchev–Trinajstić information content (AvgIpc) is 2.96. The minimum Gasteiger partial charge on any atom is -0.490 e. The number of aromatic nitrogens is 1. The Morgan fingerprint density at radius 3 is 2.23 bits per heavy atom. The lowest BCUT2D eigenvalue weighted by Crippen LogP contribution is -2.45. The number of hydrogen-bond acceptors (Lipinski definition) is 6. The van der Waals surface area contributed by atoms with E-state index in [0.29, 0.717) is 18.1 Å². The van der Waals surface area contributed by atoms with Gasteiger partial charge in [-0.15, -0.1) is 0 Å². The molecular formula is C33H36F3N3O5. The number of carbonyl (C=O) groups excluding carboxylic acids is 1. The van der Waals surface area contributed by atoms with Crippen LogP contribution in [0.2, 0.25) is 0 Å². The van der Waals surface area contributed by atoms with Crippen LogP contribution in [0.4, 0.5) is 18.9 Å². The molecule has 0 radical (unpaired) electrons. The first kappa shape index (κ1) is 33.7. The topological polar surface area (TPSA) is 110 Å². The number of amides is 1. The number of ether oxygens (including phenoxy) is 2. The lowest BCUT2D eigenvalue weighted by Gasteiger charge is -2.30. The van der Waals surface area contributed by atoms with Crippen LogP contribution in [0.15, 0.2) is 85.2 Å². The monoisotopic (exact) mass is 611 g/mol. The van der Waals surface area contributed by atoms with E-state index < -0.39 is 23.7 Å². The van der Waals surface area contributed by atoms with Gasteiger partial charge in [0.25, 0.3) is 0 Å². The zero-order valence-electron chi connectivity index (χ0n) is 25.1. The number of nitrogens with zero attached hydrogens (tertiary/aromatic N) is 1. The van der Waals surface area contributed by atoms with Gasteiger partial charge in [0, 0.05) is 23.5 Å². The maximum absolute atomic E-state index is 13.9. The minimum atomic E-state index is -5.08. The van der Waals surface area contributed by atoms with Gasteiger partial charge in [-0.05, 0) is 81.5 Å². The van der Waals surface area contributed by atoms with Gasteiger partial charge in [-0.2, -0.15) is 13.2 Å². The summed E-state index contributed by atoms with van der Waals surface area (Å²) in [6, 6.07) is 22.9. The van der Waals surface area contributed by atoms with Crippen LogP contribution in [0.25, 0.3) is 10.8 Å². The third-order valence-corrected chi connectivity index (χ3v) is 6.35. The maximum Gasteiger partial charge on any atom is 0.490 e. The van der Waals surface area contributed by atoms with Gasteiger partial charge in [-0.25, -0.2) is 4.79 Å². The number of anilines is 1. The molecule has 11 heteroatoms. The van der Waals surface area contributed by atoms with Gasteiger partial charge in [0.15, 0.2) is 11.5 Å². The van der Waals surface area contributed by atoms with Crippen LogP contribution < -0.4 is 20.1 Å². The predicted octanol–water partition coefficient (Wildman–Crippen LogP) is 7.26. The molecule has 8 nitrogen and oxygen atoms in total. The first-order valence-corrected chi connectivity index (χ1v) is 13.9. The van der Waals surface area contributed by atoms with E-state index in [2.05, 4.69) is 15.6 Å². The number of carboxylic acid groups (broad SMARTS) is 1. The fourth-order valence-electron chi connectivity index (χ4n) is 4.27. The van der Waals surface area contributed by atoms with E-state index in [1.54, 1.807) is 6.20 Å². The number of fused-ring (bicyclic) bond motifs is 1. The molecule has 0 saturated heterocycles. The third-order valence-electron chi connectivity index (χ3n) is 6.35. The Balaban J connectivity index is 0.000000676. The molecule has 1 aromatic heterocycles. The number of hydrogen-bond donors (Lipinski definition) is 3. The quantitative estimate of drug-likeness (QED) is 0.173. The van der Waals surface area contributed by atoms with Crippen LogP contribution in [0, 0.1) is 0 Å². The number of halogens is 3. The molecule has 4 aromatic rings. The first-order valence-electron chi connectivity index (χ1n) is 13.9. The molecular weight excluding hydrogens is 575 g/mol. The Hall–Kier alpha value is -4.80. The van der Waals surface area contributed by atoms with Gasteiger partial charge in [0.2, 0.25) is 5.91 Å². The fourth-order valence-corrected chi connectivity index (χ4v) is 4.27. The Kier molecular flexibility index (Phi) is 11.2.